The van der Waals surface area contributed by atoms with Gasteiger partial charge in [-0.3, -0.25) is 10.1 Å². The molecule has 19 heavy (non-hydrogen) atoms. The lowest BCUT2D eigenvalue weighted by atomic mass is 9.86. The SMILES string of the molecule is O=[N+]([O-])c1cc2c3c(ccc4cccc(c43)CC2)c1. The van der Waals surface area contributed by atoms with Gasteiger partial charge < -0.3 is 0 Å². The molecule has 3 aromatic carbocycles. The minimum absolute atomic E-state index is 0.196. The number of non-ortho nitro benzene ring substituents is 1. The van der Waals surface area contributed by atoms with Crippen LogP contribution in [0, 0.1) is 10.1 Å². The lowest BCUT2D eigenvalue weighted by molar-refractivity contribution is -0.384. The third-order valence-electron chi connectivity index (χ3n) is 3.99. The van der Waals surface area contributed by atoms with Crippen LogP contribution in [0.15, 0.2) is 42.5 Å². The lowest BCUT2D eigenvalue weighted by Gasteiger charge is -2.18. The van der Waals surface area contributed by atoms with Crippen molar-refractivity contribution < 1.29 is 4.92 Å². The summed E-state index contributed by atoms with van der Waals surface area (Å²) in [5, 5.41) is 15.7. The van der Waals surface area contributed by atoms with Gasteiger partial charge in [0.05, 0.1) is 4.92 Å². The standard InChI is InChI=1S/C16H11NO2/c18-17(19)14-8-12-6-4-10-2-1-3-11-5-7-13(9-14)16(12)15(10)11/h1-4,6,8-9H,5,7H2. The molecule has 0 atom stereocenters. The molecule has 0 heterocycles. The summed E-state index contributed by atoms with van der Waals surface area (Å²) in [4.78, 5) is 10.7. The number of aryl methyl sites for hydroxylation is 2. The van der Waals surface area contributed by atoms with Crippen molar-refractivity contribution in [3.63, 3.8) is 0 Å². The smallest absolute Gasteiger partial charge is 0.258 e. The van der Waals surface area contributed by atoms with Crippen molar-refractivity contribution in [1.29, 1.82) is 0 Å². The van der Waals surface area contributed by atoms with Crippen molar-refractivity contribution in [2.75, 3.05) is 0 Å². The van der Waals surface area contributed by atoms with Gasteiger partial charge >= 0.3 is 0 Å². The molecule has 1 aliphatic rings. The van der Waals surface area contributed by atoms with E-state index in [0.29, 0.717) is 0 Å². The molecule has 3 aromatic rings. The summed E-state index contributed by atoms with van der Waals surface area (Å²) in [5.74, 6) is 0. The predicted molar refractivity (Wildman–Crippen MR) is 75.5 cm³/mol. The van der Waals surface area contributed by atoms with Crippen LogP contribution in [-0.2, 0) is 12.8 Å². The summed E-state index contributed by atoms with van der Waals surface area (Å²) in [7, 11) is 0. The van der Waals surface area contributed by atoms with Crippen LogP contribution in [0.4, 0.5) is 5.69 Å². The molecule has 0 aromatic heterocycles. The van der Waals surface area contributed by atoms with E-state index in [4.69, 9.17) is 0 Å². The predicted octanol–water partition coefficient (Wildman–Crippen LogP) is 4.00. The minimum atomic E-state index is -0.305. The molecule has 0 unspecified atom stereocenters. The quantitative estimate of drug-likeness (QED) is 0.371. The maximum Gasteiger partial charge on any atom is 0.270 e. The number of benzene rings is 3. The molecule has 3 heteroatoms. The highest BCUT2D eigenvalue weighted by molar-refractivity contribution is 6.12. The Hall–Kier alpha value is -2.42. The fourth-order valence-electron chi connectivity index (χ4n) is 3.17. The second-order valence-corrected chi connectivity index (χ2v) is 5.04. The summed E-state index contributed by atoms with van der Waals surface area (Å²) < 4.78 is 0. The summed E-state index contributed by atoms with van der Waals surface area (Å²) in [5.41, 5.74) is 2.65. The van der Waals surface area contributed by atoms with Gasteiger partial charge in [-0.1, -0.05) is 30.3 Å². The van der Waals surface area contributed by atoms with Crippen molar-refractivity contribution in [1.82, 2.24) is 0 Å². The third-order valence-corrected chi connectivity index (χ3v) is 3.99. The van der Waals surface area contributed by atoms with Gasteiger partial charge in [0.2, 0.25) is 0 Å². The number of nitro benzene ring substituents is 1. The maximum absolute atomic E-state index is 11.0. The third kappa shape index (κ3) is 1.38. The largest absolute Gasteiger partial charge is 0.270 e. The van der Waals surface area contributed by atoms with Crippen LogP contribution in [-0.4, -0.2) is 4.92 Å². The summed E-state index contributed by atoms with van der Waals surface area (Å²) in [6, 6.07) is 13.8. The number of nitro groups is 1. The van der Waals surface area contributed by atoms with Crippen LogP contribution in [0.5, 0.6) is 0 Å². The fourth-order valence-corrected chi connectivity index (χ4v) is 3.17. The van der Waals surface area contributed by atoms with E-state index in [9.17, 15) is 10.1 Å². The van der Waals surface area contributed by atoms with E-state index in [1.807, 2.05) is 6.07 Å². The number of rotatable bonds is 1. The van der Waals surface area contributed by atoms with Crippen LogP contribution in [0.25, 0.3) is 21.5 Å². The van der Waals surface area contributed by atoms with Crippen molar-refractivity contribution in [2.24, 2.45) is 0 Å². The molecule has 0 fully saturated rings. The van der Waals surface area contributed by atoms with E-state index < -0.39 is 0 Å². The van der Waals surface area contributed by atoms with Gasteiger partial charge in [0.25, 0.3) is 5.69 Å². The molecule has 0 spiro atoms. The molecule has 0 saturated heterocycles. The van der Waals surface area contributed by atoms with Gasteiger partial charge in [-0.2, -0.15) is 0 Å². The minimum Gasteiger partial charge on any atom is -0.258 e. The van der Waals surface area contributed by atoms with Crippen molar-refractivity contribution in [2.45, 2.75) is 12.8 Å². The van der Waals surface area contributed by atoms with Gasteiger partial charge in [-0.15, -0.1) is 0 Å². The molecule has 0 N–H and O–H groups in total. The van der Waals surface area contributed by atoms with E-state index in [1.165, 1.54) is 21.7 Å². The molecule has 0 bridgehead atoms. The van der Waals surface area contributed by atoms with Crippen LogP contribution < -0.4 is 0 Å². The van der Waals surface area contributed by atoms with E-state index in [2.05, 4.69) is 24.3 Å². The van der Waals surface area contributed by atoms with Crippen LogP contribution >= 0.6 is 0 Å². The topological polar surface area (TPSA) is 43.1 Å². The molecule has 0 radical (unpaired) electrons. The van der Waals surface area contributed by atoms with E-state index in [0.717, 1.165) is 23.8 Å². The average Bonchev–Trinajstić information content (AvgIpc) is 2.44. The van der Waals surface area contributed by atoms with Gasteiger partial charge in [0.15, 0.2) is 0 Å². The molecular weight excluding hydrogens is 238 g/mol. The highest BCUT2D eigenvalue weighted by Gasteiger charge is 2.18. The lowest BCUT2D eigenvalue weighted by Crippen LogP contribution is -2.02. The van der Waals surface area contributed by atoms with Crippen LogP contribution in [0.3, 0.4) is 0 Å². The Kier molecular flexibility index (Phi) is 1.96. The first-order valence-corrected chi connectivity index (χ1v) is 6.36. The first kappa shape index (κ1) is 10.5. The summed E-state index contributed by atoms with van der Waals surface area (Å²) in [6.45, 7) is 0. The van der Waals surface area contributed by atoms with Crippen molar-refractivity contribution >= 4 is 27.2 Å². The van der Waals surface area contributed by atoms with Crippen LogP contribution in [0.2, 0.25) is 0 Å². The Morgan fingerprint density at radius 1 is 0.895 bits per heavy atom. The Morgan fingerprint density at radius 3 is 2.47 bits per heavy atom. The maximum atomic E-state index is 11.0. The fraction of sp³-hybridized carbons (Fsp3) is 0.125. The number of hydrogen-bond donors (Lipinski definition) is 0. The summed E-state index contributed by atoms with van der Waals surface area (Å²) in [6.07, 6.45) is 1.85. The molecule has 4 rings (SSSR count). The molecule has 92 valence electrons. The van der Waals surface area contributed by atoms with Crippen molar-refractivity contribution in [3.8, 4) is 0 Å². The Balaban J connectivity index is 2.24. The average molecular weight is 249 g/mol. The normalized spacial score (nSPS) is 13.3. The van der Waals surface area contributed by atoms with Gasteiger partial charge in [0.1, 0.15) is 0 Å². The first-order chi connectivity index (χ1) is 9.24. The second kappa shape index (κ2) is 3.54. The molecular formula is C16H11NO2. The number of hydrogen-bond acceptors (Lipinski definition) is 2. The molecule has 0 aliphatic heterocycles. The Bertz CT molecular complexity index is 852. The Morgan fingerprint density at radius 2 is 1.63 bits per heavy atom. The first-order valence-electron chi connectivity index (χ1n) is 6.36. The second-order valence-electron chi connectivity index (χ2n) is 5.04. The monoisotopic (exact) mass is 249 g/mol. The van der Waals surface area contributed by atoms with Gasteiger partial charge in [-0.25, -0.2) is 0 Å². The summed E-state index contributed by atoms with van der Waals surface area (Å²) >= 11 is 0. The molecule has 0 amide bonds. The molecule has 3 nitrogen and oxygen atoms in total. The zero-order valence-corrected chi connectivity index (χ0v) is 10.2. The zero-order valence-electron chi connectivity index (χ0n) is 10.2. The van der Waals surface area contributed by atoms with E-state index in [-0.39, 0.29) is 10.6 Å². The van der Waals surface area contributed by atoms with E-state index >= 15 is 0 Å². The highest BCUT2D eigenvalue weighted by atomic mass is 16.6. The van der Waals surface area contributed by atoms with Crippen molar-refractivity contribution in [3.05, 3.63) is 63.7 Å². The molecule has 0 saturated carbocycles. The van der Waals surface area contributed by atoms with Gasteiger partial charge in [0, 0.05) is 12.1 Å². The van der Waals surface area contributed by atoms with Gasteiger partial charge in [-0.05, 0) is 45.5 Å². The van der Waals surface area contributed by atoms with Crippen LogP contribution in [0.1, 0.15) is 11.1 Å². The molecule has 1 aliphatic carbocycles. The number of nitrogens with zero attached hydrogens (tertiary/aromatic N) is 1. The Labute approximate surface area is 109 Å². The van der Waals surface area contributed by atoms with E-state index in [1.54, 1.807) is 12.1 Å². The highest BCUT2D eigenvalue weighted by Crippen LogP contribution is 2.37. The zero-order chi connectivity index (χ0) is 13.0.